The van der Waals surface area contributed by atoms with Gasteiger partial charge >= 0.3 is 0 Å². The van der Waals surface area contributed by atoms with Crippen LogP contribution in [0.2, 0.25) is 0 Å². The maximum absolute atomic E-state index is 12.3. The Morgan fingerprint density at radius 3 is 2.65 bits per heavy atom. The molecular formula is C20H28N4OS. The van der Waals surface area contributed by atoms with E-state index in [2.05, 4.69) is 54.3 Å². The van der Waals surface area contributed by atoms with Gasteiger partial charge < -0.3 is 9.80 Å². The number of hydrogen-bond donors (Lipinski definition) is 0. The number of aryl methyl sites for hydroxylation is 1. The molecule has 1 amide bonds. The summed E-state index contributed by atoms with van der Waals surface area (Å²) in [4.78, 5) is 21.3. The minimum absolute atomic E-state index is 0.277. The van der Waals surface area contributed by atoms with Crippen LogP contribution >= 0.6 is 11.5 Å². The van der Waals surface area contributed by atoms with Crippen molar-refractivity contribution in [2.45, 2.75) is 40.0 Å². The molecule has 0 unspecified atom stereocenters. The third-order valence-electron chi connectivity index (χ3n) is 4.64. The SMILES string of the molecule is Cc1ccc(Cc2nsc(N3CCCN(C(=O)CC(C)C)CC3)n2)cc1. The first-order chi connectivity index (χ1) is 12.5. The Labute approximate surface area is 160 Å². The number of hydrogen-bond acceptors (Lipinski definition) is 5. The van der Waals surface area contributed by atoms with E-state index in [0.717, 1.165) is 50.0 Å². The summed E-state index contributed by atoms with van der Waals surface area (Å²) >= 11 is 1.47. The molecule has 0 spiro atoms. The number of anilines is 1. The summed E-state index contributed by atoms with van der Waals surface area (Å²) in [6.07, 6.45) is 2.39. The van der Waals surface area contributed by atoms with Crippen LogP contribution in [0.4, 0.5) is 5.13 Å². The second-order valence-electron chi connectivity index (χ2n) is 7.47. The van der Waals surface area contributed by atoms with Gasteiger partial charge in [-0.1, -0.05) is 43.7 Å². The Hall–Kier alpha value is -1.95. The summed E-state index contributed by atoms with van der Waals surface area (Å²) in [6, 6.07) is 8.53. The fourth-order valence-electron chi connectivity index (χ4n) is 3.17. The monoisotopic (exact) mass is 372 g/mol. The van der Waals surface area contributed by atoms with Crippen molar-refractivity contribution in [3.63, 3.8) is 0 Å². The predicted octanol–water partition coefficient (Wildman–Crippen LogP) is 3.52. The molecular weight excluding hydrogens is 344 g/mol. The summed E-state index contributed by atoms with van der Waals surface area (Å²) in [5, 5.41) is 0.977. The molecule has 26 heavy (non-hydrogen) atoms. The number of benzene rings is 1. The van der Waals surface area contributed by atoms with Gasteiger partial charge in [0.15, 0.2) is 0 Å². The molecule has 140 valence electrons. The van der Waals surface area contributed by atoms with E-state index in [-0.39, 0.29) is 5.91 Å². The van der Waals surface area contributed by atoms with Crippen molar-refractivity contribution in [1.29, 1.82) is 0 Å². The summed E-state index contributed by atoms with van der Waals surface area (Å²) < 4.78 is 4.54. The van der Waals surface area contributed by atoms with Gasteiger partial charge in [-0.3, -0.25) is 4.79 Å². The molecule has 0 aliphatic carbocycles. The van der Waals surface area contributed by atoms with E-state index in [9.17, 15) is 4.79 Å². The second kappa shape index (κ2) is 8.62. The molecule has 1 fully saturated rings. The van der Waals surface area contributed by atoms with E-state index in [1.54, 1.807) is 0 Å². The maximum Gasteiger partial charge on any atom is 0.222 e. The van der Waals surface area contributed by atoms with E-state index in [1.807, 2.05) is 4.90 Å². The first-order valence-corrected chi connectivity index (χ1v) is 10.2. The van der Waals surface area contributed by atoms with E-state index in [4.69, 9.17) is 4.98 Å². The molecule has 1 aliphatic heterocycles. The van der Waals surface area contributed by atoms with Gasteiger partial charge in [-0.25, -0.2) is 4.98 Å². The van der Waals surface area contributed by atoms with Crippen LogP contribution in [0.3, 0.4) is 0 Å². The molecule has 6 heteroatoms. The molecule has 1 aromatic heterocycles. The molecule has 0 atom stereocenters. The van der Waals surface area contributed by atoms with Gasteiger partial charge in [-0.15, -0.1) is 0 Å². The lowest BCUT2D eigenvalue weighted by molar-refractivity contribution is -0.131. The van der Waals surface area contributed by atoms with Crippen molar-refractivity contribution < 1.29 is 4.79 Å². The highest BCUT2D eigenvalue weighted by Gasteiger charge is 2.21. The van der Waals surface area contributed by atoms with Crippen LogP contribution in [0.15, 0.2) is 24.3 Å². The number of rotatable bonds is 5. The van der Waals surface area contributed by atoms with Crippen molar-refractivity contribution in [2.75, 3.05) is 31.1 Å². The maximum atomic E-state index is 12.3. The Kier molecular flexibility index (Phi) is 6.25. The normalized spacial score (nSPS) is 15.4. The molecule has 1 saturated heterocycles. The van der Waals surface area contributed by atoms with E-state index in [0.29, 0.717) is 12.3 Å². The van der Waals surface area contributed by atoms with E-state index in [1.165, 1.54) is 22.7 Å². The van der Waals surface area contributed by atoms with Crippen LogP contribution in [0.25, 0.3) is 0 Å². The van der Waals surface area contributed by atoms with Crippen LogP contribution in [0.5, 0.6) is 0 Å². The third kappa shape index (κ3) is 5.04. The summed E-state index contributed by atoms with van der Waals surface area (Å²) in [5.41, 5.74) is 2.50. The van der Waals surface area contributed by atoms with Gasteiger partial charge in [0.1, 0.15) is 5.82 Å². The Morgan fingerprint density at radius 2 is 1.92 bits per heavy atom. The van der Waals surface area contributed by atoms with Crippen molar-refractivity contribution >= 4 is 22.6 Å². The number of aromatic nitrogens is 2. The summed E-state index contributed by atoms with van der Waals surface area (Å²) in [7, 11) is 0. The summed E-state index contributed by atoms with van der Waals surface area (Å²) in [5.74, 6) is 1.57. The van der Waals surface area contributed by atoms with Gasteiger partial charge in [-0.2, -0.15) is 4.37 Å². The van der Waals surface area contributed by atoms with Crippen molar-refractivity contribution in [3.05, 3.63) is 41.2 Å². The van der Waals surface area contributed by atoms with Gasteiger partial charge in [0.05, 0.1) is 0 Å². The van der Waals surface area contributed by atoms with Crippen molar-refractivity contribution in [1.82, 2.24) is 14.3 Å². The molecule has 1 aromatic carbocycles. The minimum Gasteiger partial charge on any atom is -0.345 e. The van der Waals surface area contributed by atoms with Crippen LogP contribution in [-0.2, 0) is 11.2 Å². The fraction of sp³-hybridized carbons (Fsp3) is 0.550. The van der Waals surface area contributed by atoms with Gasteiger partial charge in [0, 0.05) is 50.6 Å². The highest BCUT2D eigenvalue weighted by atomic mass is 32.1. The molecule has 3 rings (SSSR count). The van der Waals surface area contributed by atoms with Crippen molar-refractivity contribution in [2.24, 2.45) is 5.92 Å². The van der Waals surface area contributed by atoms with E-state index >= 15 is 0 Å². The molecule has 2 heterocycles. The van der Waals surface area contributed by atoms with Crippen LogP contribution < -0.4 is 4.90 Å². The third-order valence-corrected chi connectivity index (χ3v) is 5.46. The van der Waals surface area contributed by atoms with E-state index < -0.39 is 0 Å². The predicted molar refractivity (Wildman–Crippen MR) is 107 cm³/mol. The zero-order valence-corrected chi connectivity index (χ0v) is 16.8. The van der Waals surface area contributed by atoms with Gasteiger partial charge in [-0.05, 0) is 24.8 Å². The number of nitrogens with zero attached hydrogens (tertiary/aromatic N) is 4. The van der Waals surface area contributed by atoms with Crippen LogP contribution in [0.1, 0.15) is 43.6 Å². The van der Waals surface area contributed by atoms with Crippen LogP contribution in [-0.4, -0.2) is 46.3 Å². The molecule has 0 radical (unpaired) electrons. The zero-order chi connectivity index (χ0) is 18.5. The average Bonchev–Trinajstić information content (AvgIpc) is 2.91. The highest BCUT2D eigenvalue weighted by Crippen LogP contribution is 2.21. The Morgan fingerprint density at radius 1 is 1.15 bits per heavy atom. The minimum atomic E-state index is 0.277. The standard InChI is InChI=1S/C20H28N4OS/c1-15(2)13-19(25)23-9-4-10-24(12-11-23)20-21-18(22-26-20)14-17-7-5-16(3)6-8-17/h5-8,15H,4,9-14H2,1-3H3. The Balaban J connectivity index is 1.59. The molecule has 1 aliphatic rings. The van der Waals surface area contributed by atoms with Crippen LogP contribution in [0, 0.1) is 12.8 Å². The Bertz CT molecular complexity index is 726. The lowest BCUT2D eigenvalue weighted by atomic mass is 10.1. The topological polar surface area (TPSA) is 49.3 Å². The first-order valence-electron chi connectivity index (χ1n) is 9.42. The quantitative estimate of drug-likeness (QED) is 0.806. The lowest BCUT2D eigenvalue weighted by Crippen LogP contribution is -2.35. The fourth-order valence-corrected chi connectivity index (χ4v) is 3.91. The highest BCUT2D eigenvalue weighted by molar-refractivity contribution is 7.09. The number of carbonyl (C=O) groups is 1. The molecule has 0 N–H and O–H groups in total. The van der Waals surface area contributed by atoms with Gasteiger partial charge in [0.25, 0.3) is 0 Å². The number of amides is 1. The molecule has 0 bridgehead atoms. The second-order valence-corrected chi connectivity index (χ2v) is 8.21. The molecule has 0 saturated carbocycles. The molecule has 5 nitrogen and oxygen atoms in total. The summed E-state index contributed by atoms with van der Waals surface area (Å²) in [6.45, 7) is 9.68. The molecule has 2 aromatic rings. The lowest BCUT2D eigenvalue weighted by Gasteiger charge is -2.22. The number of carbonyl (C=O) groups excluding carboxylic acids is 1. The first kappa shape index (κ1) is 18.8. The van der Waals surface area contributed by atoms with Crippen molar-refractivity contribution in [3.8, 4) is 0 Å². The average molecular weight is 373 g/mol. The van der Waals surface area contributed by atoms with Gasteiger partial charge in [0.2, 0.25) is 11.0 Å². The smallest absolute Gasteiger partial charge is 0.222 e. The largest absolute Gasteiger partial charge is 0.345 e. The zero-order valence-electron chi connectivity index (χ0n) is 15.9.